The number of alkyl halides is 3. The molecule has 0 unspecified atom stereocenters. The van der Waals surface area contributed by atoms with Crippen LogP contribution in [-0.4, -0.2) is 40.2 Å². The summed E-state index contributed by atoms with van der Waals surface area (Å²) in [5.41, 5.74) is 2.90. The molecule has 1 saturated carbocycles. The number of pyridine rings is 1. The lowest BCUT2D eigenvalue weighted by Crippen LogP contribution is -2.43. The van der Waals surface area contributed by atoms with Crippen LogP contribution >= 0.6 is 0 Å². The maximum absolute atomic E-state index is 12.8. The Kier molecular flexibility index (Phi) is 5.88. The van der Waals surface area contributed by atoms with Crippen molar-refractivity contribution >= 4 is 21.1 Å². The predicted octanol–water partition coefficient (Wildman–Crippen LogP) is 4.02. The fourth-order valence-corrected chi connectivity index (χ4v) is 5.21. The highest BCUT2D eigenvalue weighted by molar-refractivity contribution is 7.89. The molecule has 1 aliphatic rings. The zero-order valence-corrected chi connectivity index (χ0v) is 18.7. The van der Waals surface area contributed by atoms with Gasteiger partial charge < -0.3 is 4.57 Å². The maximum atomic E-state index is 12.8. The summed E-state index contributed by atoms with van der Waals surface area (Å²) < 4.78 is 66.6. The molecule has 0 spiro atoms. The van der Waals surface area contributed by atoms with Crippen LogP contribution in [0, 0.1) is 18.3 Å². The van der Waals surface area contributed by atoms with Gasteiger partial charge in [-0.05, 0) is 38.3 Å². The second kappa shape index (κ2) is 8.39. The second-order valence-electron chi connectivity index (χ2n) is 8.15. The van der Waals surface area contributed by atoms with E-state index in [9.17, 15) is 26.9 Å². The minimum Gasteiger partial charge on any atom is -0.332 e. The summed E-state index contributed by atoms with van der Waals surface area (Å²) in [7, 11) is -4.49. The Balaban J connectivity index is 1.81. The summed E-state index contributed by atoms with van der Waals surface area (Å²) >= 11 is 0. The van der Waals surface area contributed by atoms with Crippen molar-refractivity contribution in [2.75, 3.05) is 0 Å². The number of fused-ring (bicyclic) bond motifs is 1. The quantitative estimate of drug-likeness (QED) is 0.593. The fraction of sp³-hybridized carbons (Fsp3) is 0.429. The first-order valence-electron chi connectivity index (χ1n) is 10.3. The normalized spacial score (nSPS) is 16.2. The van der Waals surface area contributed by atoms with Crippen molar-refractivity contribution in [3.8, 4) is 17.6 Å². The van der Waals surface area contributed by atoms with Crippen molar-refractivity contribution in [1.82, 2.24) is 24.2 Å². The van der Waals surface area contributed by atoms with Crippen molar-refractivity contribution in [1.29, 1.82) is 5.26 Å². The second-order valence-corrected chi connectivity index (χ2v) is 9.87. The summed E-state index contributed by atoms with van der Waals surface area (Å²) in [5, 5.41) is 9.89. The molecule has 0 aliphatic heterocycles. The number of aryl methyl sites for hydroxylation is 1. The van der Waals surface area contributed by atoms with Gasteiger partial charge in [0.25, 0.3) is 0 Å². The Morgan fingerprint density at radius 2 is 1.82 bits per heavy atom. The largest absolute Gasteiger partial charge is 0.404 e. The van der Waals surface area contributed by atoms with Gasteiger partial charge >= 0.3 is 6.18 Å². The molecule has 1 atom stereocenters. The summed E-state index contributed by atoms with van der Waals surface area (Å²) in [4.78, 5) is 12.2. The maximum Gasteiger partial charge on any atom is 0.404 e. The van der Waals surface area contributed by atoms with E-state index >= 15 is 0 Å². The van der Waals surface area contributed by atoms with Crippen LogP contribution in [0.25, 0.3) is 22.6 Å². The third-order valence-corrected chi connectivity index (χ3v) is 7.25. The number of nitrogens with zero attached hydrogens (tertiary/aromatic N) is 5. The van der Waals surface area contributed by atoms with Crippen LogP contribution in [0.1, 0.15) is 49.8 Å². The highest BCUT2D eigenvalue weighted by Gasteiger charge is 2.39. The molecule has 3 heterocycles. The Morgan fingerprint density at radius 3 is 2.39 bits per heavy atom. The Morgan fingerprint density at radius 1 is 1.18 bits per heavy atom. The molecule has 3 aromatic rings. The molecule has 33 heavy (non-hydrogen) atoms. The summed E-state index contributed by atoms with van der Waals surface area (Å²) in [5.74, 6) is 0.108. The van der Waals surface area contributed by atoms with E-state index in [1.54, 1.807) is 10.9 Å². The summed E-state index contributed by atoms with van der Waals surface area (Å²) in [6, 6.07) is 1.94. The first-order chi connectivity index (χ1) is 15.5. The molecule has 12 heteroatoms. The molecule has 0 bridgehead atoms. The topological polar surface area (TPSA) is 114 Å². The monoisotopic (exact) mass is 478 g/mol. The van der Waals surface area contributed by atoms with E-state index in [1.807, 2.05) is 17.6 Å². The van der Waals surface area contributed by atoms with Gasteiger partial charge in [-0.2, -0.15) is 23.2 Å². The number of hydrogen-bond donors (Lipinski definition) is 1. The molecular weight excluding hydrogens is 457 g/mol. The average molecular weight is 479 g/mol. The van der Waals surface area contributed by atoms with Gasteiger partial charge in [-0.25, -0.2) is 18.4 Å². The van der Waals surface area contributed by atoms with E-state index < -0.39 is 27.1 Å². The zero-order valence-electron chi connectivity index (χ0n) is 17.9. The molecule has 0 radical (unpaired) electrons. The fourth-order valence-electron chi connectivity index (χ4n) is 4.10. The van der Waals surface area contributed by atoms with E-state index in [4.69, 9.17) is 0 Å². The Bertz CT molecular complexity index is 1340. The Labute approximate surface area is 188 Å². The van der Waals surface area contributed by atoms with Crippen LogP contribution in [-0.2, 0) is 10.0 Å². The number of nitriles is 1. The minimum absolute atomic E-state index is 0.106. The minimum atomic E-state index is -4.73. The van der Waals surface area contributed by atoms with Gasteiger partial charge in [0.15, 0.2) is 5.82 Å². The van der Waals surface area contributed by atoms with E-state index in [2.05, 4.69) is 21.0 Å². The lowest BCUT2D eigenvalue weighted by Gasteiger charge is -2.18. The molecule has 1 fully saturated rings. The lowest BCUT2D eigenvalue weighted by molar-refractivity contribution is -0.147. The van der Waals surface area contributed by atoms with E-state index in [0.29, 0.717) is 18.1 Å². The number of nitrogens with one attached hydrogen (secondary N) is 1. The molecule has 4 rings (SSSR count). The highest BCUT2D eigenvalue weighted by Crippen LogP contribution is 2.40. The van der Waals surface area contributed by atoms with Crippen LogP contribution < -0.4 is 4.72 Å². The molecule has 0 saturated heterocycles. The first-order valence-corrected chi connectivity index (χ1v) is 11.8. The number of hydrogen-bond acceptors (Lipinski definition) is 6. The van der Waals surface area contributed by atoms with Crippen LogP contribution in [0.3, 0.4) is 0 Å². The standard InChI is InChI=1S/C21H21F3N6O2S/c1-12-7-17-18(26-9-12)16(8-25)19(30(17)14-5-3-4-6-14)20-27-10-15(11-28-20)33(31,32)29-13(2)21(22,23)24/h7,9-11,13-14,29H,3-6H2,1-2H3/t13-/m0/s1. The van der Waals surface area contributed by atoms with E-state index in [0.717, 1.165) is 49.2 Å². The number of halogens is 3. The van der Waals surface area contributed by atoms with Gasteiger partial charge in [0.1, 0.15) is 33.8 Å². The molecular formula is C21H21F3N6O2S. The third-order valence-electron chi connectivity index (χ3n) is 5.75. The van der Waals surface area contributed by atoms with Gasteiger partial charge in [0.2, 0.25) is 10.0 Å². The van der Waals surface area contributed by atoms with E-state index in [1.165, 1.54) is 0 Å². The van der Waals surface area contributed by atoms with Gasteiger partial charge in [-0.15, -0.1) is 0 Å². The predicted molar refractivity (Wildman–Crippen MR) is 114 cm³/mol. The molecule has 0 amide bonds. The lowest BCUT2D eigenvalue weighted by atomic mass is 10.2. The zero-order chi connectivity index (χ0) is 24.0. The smallest absolute Gasteiger partial charge is 0.332 e. The van der Waals surface area contributed by atoms with Gasteiger partial charge in [0, 0.05) is 12.2 Å². The van der Waals surface area contributed by atoms with Crippen LogP contribution in [0.5, 0.6) is 0 Å². The number of aromatic nitrogens is 4. The van der Waals surface area contributed by atoms with Crippen molar-refractivity contribution in [3.63, 3.8) is 0 Å². The average Bonchev–Trinajstić information content (AvgIpc) is 3.38. The highest BCUT2D eigenvalue weighted by atomic mass is 32.2. The third kappa shape index (κ3) is 4.30. The molecule has 0 aromatic carbocycles. The van der Waals surface area contributed by atoms with Crippen molar-refractivity contribution < 1.29 is 21.6 Å². The van der Waals surface area contributed by atoms with Gasteiger partial charge in [-0.1, -0.05) is 12.8 Å². The molecule has 1 aliphatic carbocycles. The van der Waals surface area contributed by atoms with Gasteiger partial charge in [-0.3, -0.25) is 4.98 Å². The summed E-state index contributed by atoms with van der Waals surface area (Å²) in [6.07, 6.45) is 2.70. The van der Waals surface area contributed by atoms with Crippen LogP contribution in [0.15, 0.2) is 29.6 Å². The molecule has 3 aromatic heterocycles. The van der Waals surface area contributed by atoms with Crippen molar-refractivity contribution in [3.05, 3.63) is 35.8 Å². The Hall–Kier alpha value is -3.04. The van der Waals surface area contributed by atoms with E-state index in [-0.39, 0.29) is 17.4 Å². The number of rotatable bonds is 5. The van der Waals surface area contributed by atoms with Gasteiger partial charge in [0.05, 0.1) is 17.9 Å². The SMILES string of the molecule is Cc1cnc2c(C#N)c(-c3ncc(S(=O)(=O)N[C@@H](C)C(F)(F)F)cn3)n(C3CCCC3)c2c1. The summed E-state index contributed by atoms with van der Waals surface area (Å²) in [6.45, 7) is 2.61. The molecule has 174 valence electrons. The van der Waals surface area contributed by atoms with Crippen LogP contribution in [0.4, 0.5) is 13.2 Å². The number of sulfonamides is 1. The molecule has 8 nitrogen and oxygen atoms in total. The van der Waals surface area contributed by atoms with Crippen molar-refractivity contribution in [2.45, 2.75) is 62.7 Å². The first kappa shape index (κ1) is 23.1. The van der Waals surface area contributed by atoms with Crippen LogP contribution in [0.2, 0.25) is 0 Å². The molecule has 1 N–H and O–H groups in total. The van der Waals surface area contributed by atoms with Crippen molar-refractivity contribution in [2.24, 2.45) is 0 Å².